The molecule has 2 aromatic carbocycles. The summed E-state index contributed by atoms with van der Waals surface area (Å²) in [7, 11) is 0. The summed E-state index contributed by atoms with van der Waals surface area (Å²) in [6.07, 6.45) is 0. The summed E-state index contributed by atoms with van der Waals surface area (Å²) in [6, 6.07) is 12.2. The molecule has 2 amide bonds. The van der Waals surface area contributed by atoms with Crippen LogP contribution in [0.4, 0.5) is 16.2 Å². The Kier molecular flexibility index (Phi) is 6.77. The van der Waals surface area contributed by atoms with Gasteiger partial charge in [-0.3, -0.25) is 10.1 Å². The molecular weight excluding hydrogens is 396 g/mol. The van der Waals surface area contributed by atoms with Crippen molar-refractivity contribution in [2.45, 2.75) is 6.92 Å². The number of halogens is 1. The number of nitro benzene ring substituents is 1. The largest absolute Gasteiger partial charge is 0.492 e. The highest BCUT2D eigenvalue weighted by Crippen LogP contribution is 2.31. The molecule has 8 nitrogen and oxygen atoms in total. The molecule has 0 atom stereocenters. The molecule has 0 aliphatic carbocycles. The quantitative estimate of drug-likeness (QED) is 0.441. The Hall–Kier alpha value is -3.00. The first-order valence-corrected chi connectivity index (χ1v) is 9.73. The molecule has 0 spiro atoms. The molecule has 29 heavy (non-hydrogen) atoms. The van der Waals surface area contributed by atoms with Crippen molar-refractivity contribution in [2.24, 2.45) is 0 Å². The Bertz CT molecular complexity index is 885. The Morgan fingerprint density at radius 3 is 2.66 bits per heavy atom. The average Bonchev–Trinajstić information content (AvgIpc) is 2.71. The molecule has 1 saturated heterocycles. The van der Waals surface area contributed by atoms with Gasteiger partial charge in [-0.25, -0.2) is 4.79 Å². The molecule has 0 saturated carbocycles. The molecule has 1 fully saturated rings. The minimum Gasteiger partial charge on any atom is -0.492 e. The number of hydrogen-bond acceptors (Lipinski definition) is 5. The summed E-state index contributed by atoms with van der Waals surface area (Å²) in [4.78, 5) is 26.8. The monoisotopic (exact) mass is 418 g/mol. The molecule has 3 rings (SSSR count). The van der Waals surface area contributed by atoms with Crippen molar-refractivity contribution in [1.82, 2.24) is 10.2 Å². The molecular formula is C20H23ClN4O4. The lowest BCUT2D eigenvalue weighted by molar-refractivity contribution is -0.384. The van der Waals surface area contributed by atoms with Crippen molar-refractivity contribution in [2.75, 3.05) is 44.2 Å². The number of carbonyl (C=O) groups excluding carboxylic acids is 1. The highest BCUT2D eigenvalue weighted by Gasteiger charge is 2.25. The summed E-state index contributed by atoms with van der Waals surface area (Å²) >= 11 is 5.88. The topological polar surface area (TPSA) is 88.0 Å². The Morgan fingerprint density at radius 1 is 1.21 bits per heavy atom. The zero-order valence-corrected chi connectivity index (χ0v) is 16.9. The third kappa shape index (κ3) is 5.51. The highest BCUT2D eigenvalue weighted by molar-refractivity contribution is 6.30. The number of rotatable bonds is 6. The fraction of sp³-hybridized carbons (Fsp3) is 0.350. The molecule has 9 heteroatoms. The van der Waals surface area contributed by atoms with Crippen LogP contribution in [0.15, 0.2) is 42.5 Å². The van der Waals surface area contributed by atoms with E-state index in [0.29, 0.717) is 50.0 Å². The highest BCUT2D eigenvalue weighted by atomic mass is 35.5. The molecule has 1 aliphatic rings. The second kappa shape index (κ2) is 9.47. The van der Waals surface area contributed by atoms with Gasteiger partial charge in [0.05, 0.1) is 11.5 Å². The second-order valence-corrected chi connectivity index (χ2v) is 7.20. The van der Waals surface area contributed by atoms with E-state index >= 15 is 0 Å². The van der Waals surface area contributed by atoms with Crippen LogP contribution < -0.4 is 15.0 Å². The number of nitro groups is 1. The number of amides is 2. The van der Waals surface area contributed by atoms with Gasteiger partial charge in [0.1, 0.15) is 18.0 Å². The van der Waals surface area contributed by atoms with E-state index in [2.05, 4.69) is 5.32 Å². The number of benzene rings is 2. The predicted octanol–water partition coefficient (Wildman–Crippen LogP) is 3.47. The number of hydrogen-bond donors (Lipinski definition) is 1. The van der Waals surface area contributed by atoms with Gasteiger partial charge in [-0.05, 0) is 36.8 Å². The van der Waals surface area contributed by atoms with E-state index in [1.165, 1.54) is 6.07 Å². The van der Waals surface area contributed by atoms with Crippen molar-refractivity contribution >= 4 is 29.0 Å². The third-order valence-electron chi connectivity index (χ3n) is 4.68. The molecule has 0 bridgehead atoms. The van der Waals surface area contributed by atoms with Crippen LogP contribution in [0.25, 0.3) is 0 Å². The number of aryl methyl sites for hydroxylation is 1. The van der Waals surface area contributed by atoms with Crippen LogP contribution in [0.3, 0.4) is 0 Å². The van der Waals surface area contributed by atoms with E-state index in [0.717, 1.165) is 11.3 Å². The molecule has 154 valence electrons. The molecule has 1 N–H and O–H groups in total. The van der Waals surface area contributed by atoms with Gasteiger partial charge in [-0.15, -0.1) is 0 Å². The average molecular weight is 419 g/mol. The molecule has 2 aromatic rings. The second-order valence-electron chi connectivity index (χ2n) is 6.76. The van der Waals surface area contributed by atoms with E-state index in [9.17, 15) is 14.9 Å². The third-order valence-corrected chi connectivity index (χ3v) is 4.91. The van der Waals surface area contributed by atoms with Gasteiger partial charge in [0.25, 0.3) is 5.69 Å². The number of nitrogens with zero attached hydrogens (tertiary/aromatic N) is 3. The fourth-order valence-corrected chi connectivity index (χ4v) is 3.37. The van der Waals surface area contributed by atoms with Crippen LogP contribution in [-0.2, 0) is 0 Å². The van der Waals surface area contributed by atoms with Gasteiger partial charge in [0.2, 0.25) is 0 Å². The van der Waals surface area contributed by atoms with Crippen molar-refractivity contribution in [3.8, 4) is 5.75 Å². The van der Waals surface area contributed by atoms with Crippen molar-refractivity contribution in [3.63, 3.8) is 0 Å². The van der Waals surface area contributed by atoms with Crippen LogP contribution in [-0.4, -0.2) is 55.2 Å². The summed E-state index contributed by atoms with van der Waals surface area (Å²) in [6.45, 7) is 4.74. The molecule has 1 aliphatic heterocycles. The number of piperazine rings is 1. The van der Waals surface area contributed by atoms with Crippen LogP contribution in [0, 0.1) is 17.0 Å². The van der Waals surface area contributed by atoms with Gasteiger partial charge in [0.15, 0.2) is 0 Å². The van der Waals surface area contributed by atoms with E-state index in [1.54, 1.807) is 17.0 Å². The maximum absolute atomic E-state index is 12.3. The Labute approximate surface area is 174 Å². The van der Waals surface area contributed by atoms with Crippen molar-refractivity contribution < 1.29 is 14.5 Å². The van der Waals surface area contributed by atoms with E-state index < -0.39 is 4.92 Å². The normalized spacial score (nSPS) is 13.9. The van der Waals surface area contributed by atoms with Crippen LogP contribution in [0.5, 0.6) is 5.75 Å². The number of anilines is 1. The zero-order valence-electron chi connectivity index (χ0n) is 16.1. The minimum atomic E-state index is -0.436. The Morgan fingerprint density at radius 2 is 1.97 bits per heavy atom. The summed E-state index contributed by atoms with van der Waals surface area (Å²) < 4.78 is 5.63. The number of urea groups is 1. The summed E-state index contributed by atoms with van der Waals surface area (Å²) in [5.74, 6) is 0.775. The summed E-state index contributed by atoms with van der Waals surface area (Å²) in [5, 5.41) is 14.5. The maximum atomic E-state index is 12.3. The van der Waals surface area contributed by atoms with Gasteiger partial charge < -0.3 is 19.9 Å². The van der Waals surface area contributed by atoms with Gasteiger partial charge in [-0.2, -0.15) is 0 Å². The van der Waals surface area contributed by atoms with E-state index in [-0.39, 0.29) is 11.7 Å². The van der Waals surface area contributed by atoms with Crippen molar-refractivity contribution in [1.29, 1.82) is 0 Å². The van der Waals surface area contributed by atoms with Gasteiger partial charge in [0, 0.05) is 37.3 Å². The lowest BCUT2D eigenvalue weighted by Crippen LogP contribution is -2.52. The first kappa shape index (κ1) is 20.7. The fourth-order valence-electron chi connectivity index (χ4n) is 3.20. The Balaban J connectivity index is 1.45. The molecule has 0 aromatic heterocycles. The maximum Gasteiger partial charge on any atom is 0.317 e. The number of nitrogens with one attached hydrogen (secondary N) is 1. The predicted molar refractivity (Wildman–Crippen MR) is 112 cm³/mol. The SMILES string of the molecule is Cc1cccc(OCCNC(=O)N2CCN(c3ccc(Cl)cc3[N+](=O)[O-])CC2)c1. The molecule has 1 heterocycles. The smallest absolute Gasteiger partial charge is 0.317 e. The van der Waals surface area contributed by atoms with Crippen LogP contribution in [0.2, 0.25) is 5.02 Å². The molecule has 0 unspecified atom stereocenters. The molecule has 0 radical (unpaired) electrons. The van der Waals surface area contributed by atoms with Gasteiger partial charge in [-0.1, -0.05) is 23.7 Å². The lowest BCUT2D eigenvalue weighted by Gasteiger charge is -2.35. The standard InChI is InChI=1S/C20H23ClN4O4/c1-15-3-2-4-17(13-15)29-12-7-22-20(26)24-10-8-23(9-11-24)18-6-5-16(21)14-19(18)25(27)28/h2-6,13-14H,7-12H2,1H3,(H,22,26). The van der Waals surface area contributed by atoms with Gasteiger partial charge >= 0.3 is 6.03 Å². The lowest BCUT2D eigenvalue weighted by atomic mass is 10.2. The first-order valence-electron chi connectivity index (χ1n) is 9.35. The first-order chi connectivity index (χ1) is 13.9. The van der Waals surface area contributed by atoms with E-state index in [1.807, 2.05) is 36.1 Å². The number of carbonyl (C=O) groups is 1. The number of ether oxygens (including phenoxy) is 1. The van der Waals surface area contributed by atoms with Crippen LogP contribution >= 0.6 is 11.6 Å². The van der Waals surface area contributed by atoms with Crippen LogP contribution in [0.1, 0.15) is 5.56 Å². The minimum absolute atomic E-state index is 0.0244. The zero-order chi connectivity index (χ0) is 20.8. The summed E-state index contributed by atoms with van der Waals surface area (Å²) in [5.41, 5.74) is 1.61. The van der Waals surface area contributed by atoms with E-state index in [4.69, 9.17) is 16.3 Å². The van der Waals surface area contributed by atoms with Crippen molar-refractivity contribution in [3.05, 3.63) is 63.2 Å².